The minimum absolute atomic E-state index is 0.0272. The fourth-order valence-electron chi connectivity index (χ4n) is 3.90. The minimum Gasteiger partial charge on any atom is -0.382 e. The number of nitrogens with one attached hydrogen (secondary N) is 2. The van der Waals surface area contributed by atoms with Gasteiger partial charge in [-0.05, 0) is 49.6 Å². The van der Waals surface area contributed by atoms with E-state index >= 15 is 8.78 Å². The molecule has 3 aromatic rings. The number of fused-ring (bicyclic) bond motifs is 1. The molecule has 0 spiro atoms. The van der Waals surface area contributed by atoms with Gasteiger partial charge in [-0.2, -0.15) is 19.1 Å². The van der Waals surface area contributed by atoms with Crippen molar-refractivity contribution < 1.29 is 18.7 Å². The van der Waals surface area contributed by atoms with Crippen LogP contribution in [0.25, 0.3) is 10.9 Å². The number of urea groups is 1. The SMILES string of the molecule is N#Cc1ccc(NC(=O)N2CCCCC2)c(C(F)(F)C(O)c2cc(Cl)cc3cn[nH]c23)c1. The Morgan fingerprint density at radius 2 is 2.03 bits per heavy atom. The van der Waals surface area contributed by atoms with Crippen molar-refractivity contribution in [1.82, 2.24) is 15.1 Å². The average Bonchev–Trinajstić information content (AvgIpc) is 3.27. The highest BCUT2D eigenvalue weighted by atomic mass is 35.5. The van der Waals surface area contributed by atoms with Gasteiger partial charge >= 0.3 is 12.0 Å². The zero-order valence-corrected chi connectivity index (χ0v) is 17.7. The Balaban J connectivity index is 1.73. The van der Waals surface area contributed by atoms with E-state index in [9.17, 15) is 15.2 Å². The predicted molar refractivity (Wildman–Crippen MR) is 116 cm³/mol. The predicted octanol–water partition coefficient (Wildman–Crippen LogP) is 4.93. The summed E-state index contributed by atoms with van der Waals surface area (Å²) < 4.78 is 31.3. The van der Waals surface area contributed by atoms with Gasteiger partial charge in [-0.15, -0.1) is 0 Å². The Hall–Kier alpha value is -3.22. The van der Waals surface area contributed by atoms with Crippen LogP contribution in [0.5, 0.6) is 0 Å². The molecule has 10 heteroatoms. The van der Waals surface area contributed by atoms with Crippen LogP contribution >= 0.6 is 11.6 Å². The van der Waals surface area contributed by atoms with Crippen molar-refractivity contribution in [3.8, 4) is 6.07 Å². The number of amides is 2. The van der Waals surface area contributed by atoms with E-state index < -0.39 is 23.6 Å². The molecule has 0 saturated carbocycles. The molecule has 32 heavy (non-hydrogen) atoms. The van der Waals surface area contributed by atoms with Gasteiger partial charge in [0.05, 0.1) is 29.0 Å². The van der Waals surface area contributed by atoms with E-state index in [0.717, 1.165) is 25.3 Å². The molecule has 1 atom stereocenters. The van der Waals surface area contributed by atoms with E-state index in [4.69, 9.17) is 11.6 Å². The summed E-state index contributed by atoms with van der Waals surface area (Å²) in [5.74, 6) is -3.86. The highest BCUT2D eigenvalue weighted by molar-refractivity contribution is 6.31. The van der Waals surface area contributed by atoms with Crippen LogP contribution in [0.2, 0.25) is 5.02 Å². The number of halogens is 3. The van der Waals surface area contributed by atoms with E-state index in [1.807, 2.05) is 6.07 Å². The number of aromatic amines is 1. The molecule has 1 fully saturated rings. The summed E-state index contributed by atoms with van der Waals surface area (Å²) in [4.78, 5) is 14.2. The summed E-state index contributed by atoms with van der Waals surface area (Å²) in [6, 6.07) is 7.66. The van der Waals surface area contributed by atoms with E-state index in [1.165, 1.54) is 30.5 Å². The van der Waals surface area contributed by atoms with Gasteiger partial charge in [0.15, 0.2) is 0 Å². The summed E-state index contributed by atoms with van der Waals surface area (Å²) in [5.41, 5.74) is -0.795. The van der Waals surface area contributed by atoms with Gasteiger partial charge < -0.3 is 15.3 Å². The lowest BCUT2D eigenvalue weighted by atomic mass is 9.93. The van der Waals surface area contributed by atoms with Crippen LogP contribution in [-0.4, -0.2) is 39.3 Å². The fourth-order valence-corrected chi connectivity index (χ4v) is 4.13. The molecule has 4 rings (SSSR count). The Labute approximate surface area is 187 Å². The standard InChI is InChI=1S/C22H20ClF2N5O2/c23-15-9-14-12-27-29-19(14)16(10-15)20(31)22(24,25)17-8-13(11-26)4-5-18(17)28-21(32)30-6-2-1-3-7-30/h4-5,8-10,12,20,31H,1-3,6-7H2,(H,27,29)(H,28,32). The molecule has 1 aromatic heterocycles. The Morgan fingerprint density at radius 1 is 1.28 bits per heavy atom. The molecule has 0 radical (unpaired) electrons. The van der Waals surface area contributed by atoms with E-state index in [2.05, 4.69) is 15.5 Å². The van der Waals surface area contributed by atoms with Crippen LogP contribution in [0.15, 0.2) is 36.5 Å². The van der Waals surface area contributed by atoms with Crippen molar-refractivity contribution in [3.63, 3.8) is 0 Å². The number of alkyl halides is 2. The number of benzene rings is 2. The first-order valence-electron chi connectivity index (χ1n) is 10.1. The molecule has 0 bridgehead atoms. The Bertz CT molecular complexity index is 1200. The number of aromatic nitrogens is 2. The number of carbonyl (C=O) groups is 1. The molecule has 1 aliphatic heterocycles. The van der Waals surface area contributed by atoms with Crippen LogP contribution in [0.4, 0.5) is 19.3 Å². The number of piperidine rings is 1. The number of nitrogens with zero attached hydrogens (tertiary/aromatic N) is 3. The van der Waals surface area contributed by atoms with Gasteiger partial charge in [0, 0.05) is 34.6 Å². The summed E-state index contributed by atoms with van der Waals surface area (Å²) >= 11 is 6.05. The Morgan fingerprint density at radius 3 is 2.75 bits per heavy atom. The van der Waals surface area contributed by atoms with Gasteiger partial charge in [0.2, 0.25) is 0 Å². The first kappa shape index (κ1) is 22.0. The minimum atomic E-state index is -3.86. The molecule has 1 unspecified atom stereocenters. The molecular formula is C22H20ClF2N5O2. The van der Waals surface area contributed by atoms with Crippen LogP contribution in [0.3, 0.4) is 0 Å². The lowest BCUT2D eigenvalue weighted by Crippen LogP contribution is -2.39. The molecule has 0 aliphatic carbocycles. The maximum atomic E-state index is 15.7. The van der Waals surface area contributed by atoms with Crippen molar-refractivity contribution in [1.29, 1.82) is 5.26 Å². The number of likely N-dealkylation sites (tertiary alicyclic amines) is 1. The third kappa shape index (κ3) is 4.11. The van der Waals surface area contributed by atoms with Gasteiger partial charge in [-0.25, -0.2) is 4.79 Å². The topological polar surface area (TPSA) is 105 Å². The molecule has 2 amide bonds. The third-order valence-electron chi connectivity index (χ3n) is 5.57. The number of aliphatic hydroxyl groups is 1. The van der Waals surface area contributed by atoms with Crippen LogP contribution < -0.4 is 5.32 Å². The van der Waals surface area contributed by atoms with Crippen LogP contribution in [0, 0.1) is 11.3 Å². The number of H-pyrrole nitrogens is 1. The highest BCUT2D eigenvalue weighted by Crippen LogP contribution is 2.45. The monoisotopic (exact) mass is 459 g/mol. The number of rotatable bonds is 4. The zero-order chi connectivity index (χ0) is 22.9. The number of nitriles is 1. The lowest BCUT2D eigenvalue weighted by Gasteiger charge is -2.29. The second-order valence-corrected chi connectivity index (χ2v) is 8.14. The van der Waals surface area contributed by atoms with Gasteiger partial charge in [0.25, 0.3) is 0 Å². The second-order valence-electron chi connectivity index (χ2n) is 7.70. The number of carbonyl (C=O) groups excluding carboxylic acids is 1. The molecule has 1 aliphatic rings. The Kier molecular flexibility index (Phi) is 6.00. The summed E-state index contributed by atoms with van der Waals surface area (Å²) in [7, 11) is 0. The van der Waals surface area contributed by atoms with Crippen molar-refractivity contribution in [2.75, 3.05) is 18.4 Å². The zero-order valence-electron chi connectivity index (χ0n) is 16.9. The van der Waals surface area contributed by atoms with Gasteiger partial charge in [0.1, 0.15) is 6.10 Å². The van der Waals surface area contributed by atoms with Crippen molar-refractivity contribution in [2.24, 2.45) is 0 Å². The first-order chi connectivity index (χ1) is 15.3. The number of aliphatic hydroxyl groups excluding tert-OH is 1. The molecule has 1 saturated heterocycles. The smallest absolute Gasteiger partial charge is 0.321 e. The highest BCUT2D eigenvalue weighted by Gasteiger charge is 2.44. The maximum absolute atomic E-state index is 15.7. The van der Waals surface area contributed by atoms with E-state index in [0.29, 0.717) is 18.5 Å². The van der Waals surface area contributed by atoms with Crippen LogP contribution in [-0.2, 0) is 5.92 Å². The van der Waals surface area contributed by atoms with Gasteiger partial charge in [-0.3, -0.25) is 5.10 Å². The first-order valence-corrected chi connectivity index (χ1v) is 10.5. The van der Waals surface area contributed by atoms with Crippen molar-refractivity contribution in [2.45, 2.75) is 31.3 Å². The molecule has 7 nitrogen and oxygen atoms in total. The summed E-state index contributed by atoms with van der Waals surface area (Å²) in [5, 5.41) is 29.6. The second kappa shape index (κ2) is 8.73. The van der Waals surface area contributed by atoms with Crippen molar-refractivity contribution in [3.05, 3.63) is 58.2 Å². The normalized spacial score (nSPS) is 15.4. The molecular weight excluding hydrogens is 440 g/mol. The van der Waals surface area contributed by atoms with Crippen LogP contribution in [0.1, 0.15) is 42.1 Å². The fraction of sp³-hybridized carbons (Fsp3) is 0.318. The summed E-state index contributed by atoms with van der Waals surface area (Å²) in [6.07, 6.45) is 1.80. The summed E-state index contributed by atoms with van der Waals surface area (Å²) in [6.45, 7) is 1.08. The number of hydrogen-bond acceptors (Lipinski definition) is 4. The molecule has 166 valence electrons. The van der Waals surface area contributed by atoms with Crippen molar-refractivity contribution >= 4 is 34.2 Å². The third-order valence-corrected chi connectivity index (χ3v) is 5.79. The number of anilines is 1. The number of hydrogen-bond donors (Lipinski definition) is 3. The molecule has 2 heterocycles. The largest absolute Gasteiger partial charge is 0.382 e. The van der Waals surface area contributed by atoms with E-state index in [-0.39, 0.29) is 27.4 Å². The van der Waals surface area contributed by atoms with Gasteiger partial charge in [-0.1, -0.05) is 11.6 Å². The molecule has 3 N–H and O–H groups in total. The average molecular weight is 460 g/mol. The maximum Gasteiger partial charge on any atom is 0.321 e. The quantitative estimate of drug-likeness (QED) is 0.514. The van der Waals surface area contributed by atoms with E-state index in [1.54, 1.807) is 4.90 Å². The lowest BCUT2D eigenvalue weighted by molar-refractivity contribution is -0.116. The molecule has 2 aromatic carbocycles.